The number of aromatic nitrogens is 1. The van der Waals surface area contributed by atoms with E-state index in [0.717, 1.165) is 5.69 Å². The van der Waals surface area contributed by atoms with Crippen LogP contribution < -0.4 is 5.32 Å². The lowest BCUT2D eigenvalue weighted by Crippen LogP contribution is -2.19. The number of pyridine rings is 1. The van der Waals surface area contributed by atoms with Gasteiger partial charge in [-0.1, -0.05) is 6.07 Å². The summed E-state index contributed by atoms with van der Waals surface area (Å²) in [7, 11) is 0. The molecule has 0 spiro atoms. The zero-order chi connectivity index (χ0) is 14.7. The fraction of sp³-hybridized carbons (Fsp3) is 0.333. The van der Waals surface area contributed by atoms with Gasteiger partial charge in [-0.25, -0.2) is 9.78 Å². The van der Waals surface area contributed by atoms with E-state index in [1.54, 1.807) is 17.4 Å². The fourth-order valence-electron chi connectivity index (χ4n) is 2.15. The first-order chi connectivity index (χ1) is 9.47. The first-order valence-electron chi connectivity index (χ1n) is 6.47. The van der Waals surface area contributed by atoms with Gasteiger partial charge in [-0.15, -0.1) is 11.3 Å². The molecule has 1 atom stereocenters. The first-order valence-corrected chi connectivity index (χ1v) is 7.28. The molecule has 4 nitrogen and oxygen atoms in total. The summed E-state index contributed by atoms with van der Waals surface area (Å²) in [5, 5.41) is 12.3. The van der Waals surface area contributed by atoms with E-state index in [1.807, 2.05) is 6.07 Å². The van der Waals surface area contributed by atoms with E-state index in [0.29, 0.717) is 6.54 Å². The van der Waals surface area contributed by atoms with Crippen LogP contribution in [0.3, 0.4) is 0 Å². The Balaban J connectivity index is 2.03. The summed E-state index contributed by atoms with van der Waals surface area (Å²) < 4.78 is 0. The highest BCUT2D eigenvalue weighted by atomic mass is 32.1. The molecule has 0 bridgehead atoms. The molecule has 5 heteroatoms. The summed E-state index contributed by atoms with van der Waals surface area (Å²) in [6.07, 6.45) is 0. The van der Waals surface area contributed by atoms with Crippen LogP contribution in [0.15, 0.2) is 24.3 Å². The highest BCUT2D eigenvalue weighted by Crippen LogP contribution is 2.26. The molecular weight excluding hydrogens is 272 g/mol. The van der Waals surface area contributed by atoms with Gasteiger partial charge in [0.2, 0.25) is 0 Å². The van der Waals surface area contributed by atoms with Gasteiger partial charge in [0, 0.05) is 22.3 Å². The van der Waals surface area contributed by atoms with Crippen LogP contribution in [0.5, 0.6) is 0 Å². The van der Waals surface area contributed by atoms with Gasteiger partial charge in [-0.2, -0.15) is 0 Å². The number of carbonyl (C=O) groups is 1. The number of rotatable bonds is 5. The van der Waals surface area contributed by atoms with E-state index < -0.39 is 5.97 Å². The number of nitrogens with zero attached hydrogens (tertiary/aromatic N) is 1. The molecule has 0 aliphatic heterocycles. The second-order valence-electron chi connectivity index (χ2n) is 4.79. The molecule has 0 aromatic carbocycles. The number of carboxylic acid groups (broad SMARTS) is 1. The molecule has 0 aliphatic carbocycles. The van der Waals surface area contributed by atoms with Gasteiger partial charge in [0.15, 0.2) is 0 Å². The van der Waals surface area contributed by atoms with E-state index in [2.05, 4.69) is 37.1 Å². The van der Waals surface area contributed by atoms with Crippen LogP contribution in [-0.4, -0.2) is 16.1 Å². The topological polar surface area (TPSA) is 62.2 Å². The standard InChI is InChI=1S/C15H18N2O2S/c1-9-7-13(11(3)20-9)10(2)16-8-12-5-4-6-14(17-12)15(18)19/h4-7,10,16H,8H2,1-3H3,(H,18,19). The second kappa shape index (κ2) is 6.15. The van der Waals surface area contributed by atoms with Crippen LogP contribution in [0, 0.1) is 13.8 Å². The monoisotopic (exact) mass is 290 g/mol. The lowest BCUT2D eigenvalue weighted by molar-refractivity contribution is 0.0690. The van der Waals surface area contributed by atoms with Gasteiger partial charge in [-0.3, -0.25) is 0 Å². The molecular formula is C15H18N2O2S. The Labute approximate surface area is 122 Å². The maximum atomic E-state index is 10.9. The van der Waals surface area contributed by atoms with Crippen LogP contribution >= 0.6 is 11.3 Å². The lowest BCUT2D eigenvalue weighted by atomic mass is 10.1. The smallest absolute Gasteiger partial charge is 0.354 e. The summed E-state index contributed by atoms with van der Waals surface area (Å²) in [4.78, 5) is 17.6. The molecule has 2 N–H and O–H groups in total. The molecule has 2 aromatic heterocycles. The summed E-state index contributed by atoms with van der Waals surface area (Å²) in [6.45, 7) is 6.88. The number of thiophene rings is 1. The summed E-state index contributed by atoms with van der Waals surface area (Å²) in [5.74, 6) is -0.996. The van der Waals surface area contributed by atoms with E-state index in [9.17, 15) is 4.79 Å². The number of nitrogens with one attached hydrogen (secondary N) is 1. The third kappa shape index (κ3) is 3.43. The maximum Gasteiger partial charge on any atom is 0.354 e. The Morgan fingerprint density at radius 1 is 1.45 bits per heavy atom. The number of aryl methyl sites for hydroxylation is 2. The van der Waals surface area contributed by atoms with Crippen molar-refractivity contribution in [3.63, 3.8) is 0 Å². The van der Waals surface area contributed by atoms with Gasteiger partial charge in [0.05, 0.1) is 5.69 Å². The van der Waals surface area contributed by atoms with Crippen LogP contribution in [0.2, 0.25) is 0 Å². The zero-order valence-corrected chi connectivity index (χ0v) is 12.6. The SMILES string of the molecule is Cc1cc(C(C)NCc2cccc(C(=O)O)n2)c(C)s1. The molecule has 2 rings (SSSR count). The van der Waals surface area contributed by atoms with Crippen LogP contribution in [0.4, 0.5) is 0 Å². The first kappa shape index (κ1) is 14.7. The molecule has 0 radical (unpaired) electrons. The highest BCUT2D eigenvalue weighted by Gasteiger charge is 2.11. The zero-order valence-electron chi connectivity index (χ0n) is 11.8. The predicted octanol–water partition coefficient (Wildman–Crippen LogP) is 3.31. The van der Waals surface area contributed by atoms with Gasteiger partial charge in [0.1, 0.15) is 5.69 Å². The van der Waals surface area contributed by atoms with E-state index >= 15 is 0 Å². The van der Waals surface area contributed by atoms with Gasteiger partial charge < -0.3 is 10.4 Å². The van der Waals surface area contributed by atoms with Crippen LogP contribution in [0.1, 0.15) is 44.5 Å². The van der Waals surface area contributed by atoms with E-state index in [4.69, 9.17) is 5.11 Å². The van der Waals surface area contributed by atoms with Gasteiger partial charge in [0.25, 0.3) is 0 Å². The molecule has 1 unspecified atom stereocenters. The average molecular weight is 290 g/mol. The van der Waals surface area contributed by atoms with Crippen molar-refractivity contribution in [3.8, 4) is 0 Å². The Bertz CT molecular complexity index is 622. The molecule has 20 heavy (non-hydrogen) atoms. The van der Waals surface area contributed by atoms with E-state index in [1.165, 1.54) is 21.4 Å². The second-order valence-corrected chi connectivity index (χ2v) is 6.25. The minimum absolute atomic E-state index is 0.0829. The number of carboxylic acids is 1. The highest BCUT2D eigenvalue weighted by molar-refractivity contribution is 7.12. The predicted molar refractivity (Wildman–Crippen MR) is 80.2 cm³/mol. The van der Waals surface area contributed by atoms with Crippen molar-refractivity contribution < 1.29 is 9.90 Å². The largest absolute Gasteiger partial charge is 0.477 e. The third-order valence-electron chi connectivity index (χ3n) is 3.16. The fourth-order valence-corrected chi connectivity index (χ4v) is 3.17. The molecule has 0 aliphatic rings. The minimum atomic E-state index is -0.996. The minimum Gasteiger partial charge on any atom is -0.477 e. The average Bonchev–Trinajstić information content (AvgIpc) is 2.75. The maximum absolute atomic E-state index is 10.9. The molecule has 106 valence electrons. The van der Waals surface area contributed by atoms with E-state index in [-0.39, 0.29) is 11.7 Å². The Morgan fingerprint density at radius 3 is 2.80 bits per heavy atom. The number of hydrogen-bond donors (Lipinski definition) is 2. The van der Waals surface area contributed by atoms with Gasteiger partial charge in [-0.05, 0) is 44.5 Å². The van der Waals surface area contributed by atoms with Crippen molar-refractivity contribution in [2.45, 2.75) is 33.4 Å². The molecule has 2 aromatic rings. The van der Waals surface area contributed by atoms with Crippen molar-refractivity contribution in [2.24, 2.45) is 0 Å². The third-order valence-corrected chi connectivity index (χ3v) is 4.14. The van der Waals surface area contributed by atoms with Crippen LogP contribution in [-0.2, 0) is 6.54 Å². The summed E-state index contributed by atoms with van der Waals surface area (Å²) in [5.41, 5.74) is 2.11. The Morgan fingerprint density at radius 2 is 2.20 bits per heavy atom. The Hall–Kier alpha value is -1.72. The van der Waals surface area contributed by atoms with Crippen molar-refractivity contribution in [3.05, 3.63) is 51.0 Å². The summed E-state index contributed by atoms with van der Waals surface area (Å²) in [6, 6.07) is 7.46. The number of aromatic carboxylic acids is 1. The molecule has 0 saturated heterocycles. The summed E-state index contributed by atoms with van der Waals surface area (Å²) >= 11 is 1.79. The van der Waals surface area contributed by atoms with Crippen LogP contribution in [0.25, 0.3) is 0 Å². The van der Waals surface area contributed by atoms with Gasteiger partial charge >= 0.3 is 5.97 Å². The molecule has 2 heterocycles. The van der Waals surface area contributed by atoms with Crippen molar-refractivity contribution >= 4 is 17.3 Å². The Kier molecular flexibility index (Phi) is 4.52. The van der Waals surface area contributed by atoms with Crippen molar-refractivity contribution in [1.29, 1.82) is 0 Å². The molecule has 0 saturated carbocycles. The quantitative estimate of drug-likeness (QED) is 0.887. The molecule has 0 amide bonds. The number of hydrogen-bond acceptors (Lipinski definition) is 4. The van der Waals surface area contributed by atoms with Crippen molar-refractivity contribution in [2.75, 3.05) is 0 Å². The lowest BCUT2D eigenvalue weighted by Gasteiger charge is -2.13. The molecule has 0 fully saturated rings. The van der Waals surface area contributed by atoms with Crippen molar-refractivity contribution in [1.82, 2.24) is 10.3 Å². The normalized spacial score (nSPS) is 12.3.